The molecule has 0 saturated carbocycles. The first-order valence-electron chi connectivity index (χ1n) is 2.77. The molecule has 3 nitrogen and oxygen atoms in total. The molecule has 0 aliphatic rings. The number of carboxylic acid groups (broad SMARTS) is 1. The first-order valence-corrected chi connectivity index (χ1v) is 6.18. The fraction of sp³-hybridized carbons (Fsp3) is 0.800. The summed E-state index contributed by atoms with van der Waals surface area (Å²) in [6, 6.07) is 0. The summed E-state index contributed by atoms with van der Waals surface area (Å²) in [4.78, 5) is 9.94. The molecular weight excluding hydrogens is 136 g/mol. The Hall–Kier alpha value is -0.353. The maximum Gasteiger partial charge on any atom is 0.328 e. The maximum absolute atomic E-state index is 9.94. The monoisotopic (exact) mass is 148 g/mol. The van der Waals surface area contributed by atoms with E-state index in [-0.39, 0.29) is 6.61 Å². The molecule has 0 unspecified atom stereocenters. The van der Waals surface area contributed by atoms with Gasteiger partial charge in [0.15, 0.2) is 8.32 Å². The lowest BCUT2D eigenvalue weighted by Crippen LogP contribution is -2.28. The summed E-state index contributed by atoms with van der Waals surface area (Å²) in [5.74, 6) is -0.891. The molecule has 0 rings (SSSR count). The van der Waals surface area contributed by atoms with Crippen LogP contribution in [0.3, 0.4) is 0 Å². The van der Waals surface area contributed by atoms with Gasteiger partial charge in [-0.25, -0.2) is 4.79 Å². The number of rotatable bonds is 3. The quantitative estimate of drug-likeness (QED) is 0.605. The minimum atomic E-state index is -1.60. The van der Waals surface area contributed by atoms with Gasteiger partial charge in [-0.05, 0) is 19.6 Å². The van der Waals surface area contributed by atoms with Crippen LogP contribution in [0.4, 0.5) is 0 Å². The second-order valence-electron chi connectivity index (χ2n) is 2.79. The average Bonchev–Trinajstić information content (AvgIpc) is 1.59. The highest BCUT2D eigenvalue weighted by Crippen LogP contribution is 2.00. The summed E-state index contributed by atoms with van der Waals surface area (Å²) in [5, 5.41) is 8.17. The Bertz CT molecular complexity index is 105. The molecule has 1 N–H and O–H groups in total. The first-order chi connectivity index (χ1) is 3.92. The number of carboxylic acids is 1. The molecule has 0 amide bonds. The zero-order valence-corrected chi connectivity index (χ0v) is 6.97. The Labute approximate surface area is 55.8 Å². The van der Waals surface area contributed by atoms with Crippen molar-refractivity contribution in [2.75, 3.05) is 6.61 Å². The van der Waals surface area contributed by atoms with Gasteiger partial charge < -0.3 is 9.53 Å². The molecule has 0 heterocycles. The Kier molecular flexibility index (Phi) is 2.86. The third kappa shape index (κ3) is 7.65. The molecule has 4 heteroatoms. The van der Waals surface area contributed by atoms with Crippen LogP contribution in [0.2, 0.25) is 19.6 Å². The van der Waals surface area contributed by atoms with E-state index in [0.29, 0.717) is 0 Å². The summed E-state index contributed by atoms with van der Waals surface area (Å²) >= 11 is 0. The predicted octanol–water partition coefficient (Wildman–Crippen LogP) is 0.922. The van der Waals surface area contributed by atoms with Gasteiger partial charge in [0, 0.05) is 0 Å². The topological polar surface area (TPSA) is 46.5 Å². The first kappa shape index (κ1) is 8.65. The van der Waals surface area contributed by atoms with Gasteiger partial charge in [0.1, 0.15) is 6.61 Å². The van der Waals surface area contributed by atoms with Crippen LogP contribution in [0.15, 0.2) is 0 Å². The lowest BCUT2D eigenvalue weighted by atomic mass is 10.8. The van der Waals surface area contributed by atoms with E-state index in [1.807, 2.05) is 19.6 Å². The summed E-state index contributed by atoms with van der Waals surface area (Å²) in [7, 11) is -1.60. The van der Waals surface area contributed by atoms with Crippen LogP contribution >= 0.6 is 0 Å². The molecule has 0 bridgehead atoms. The van der Waals surface area contributed by atoms with E-state index in [9.17, 15) is 4.79 Å². The van der Waals surface area contributed by atoms with Gasteiger partial charge in [-0.2, -0.15) is 0 Å². The Morgan fingerprint density at radius 2 is 2.00 bits per heavy atom. The Balaban J connectivity index is 3.39. The van der Waals surface area contributed by atoms with Gasteiger partial charge in [0.25, 0.3) is 0 Å². The van der Waals surface area contributed by atoms with E-state index in [1.54, 1.807) is 0 Å². The van der Waals surface area contributed by atoms with Gasteiger partial charge in [-0.3, -0.25) is 0 Å². The molecule has 0 aromatic rings. The van der Waals surface area contributed by atoms with Crippen molar-refractivity contribution in [1.82, 2.24) is 0 Å². The molecule has 0 spiro atoms. The zero-order chi connectivity index (χ0) is 7.49. The second-order valence-corrected chi connectivity index (χ2v) is 7.31. The number of hydrogen-bond donors (Lipinski definition) is 1. The van der Waals surface area contributed by atoms with Crippen molar-refractivity contribution < 1.29 is 14.3 Å². The van der Waals surface area contributed by atoms with Crippen molar-refractivity contribution in [3.63, 3.8) is 0 Å². The van der Waals surface area contributed by atoms with Crippen LogP contribution in [-0.4, -0.2) is 26.0 Å². The van der Waals surface area contributed by atoms with Crippen LogP contribution in [0, 0.1) is 0 Å². The lowest BCUT2D eigenvalue weighted by Gasteiger charge is -2.14. The standard InChI is InChI=1S/C5H12O3Si/c1-9(2,3)8-4-5(6)7/h4H2,1-3H3,(H,6,7). The highest BCUT2D eigenvalue weighted by molar-refractivity contribution is 6.69. The highest BCUT2D eigenvalue weighted by Gasteiger charge is 2.15. The normalized spacial score (nSPS) is 11.4. The van der Waals surface area contributed by atoms with Gasteiger partial charge in [-0.1, -0.05) is 0 Å². The van der Waals surface area contributed by atoms with Gasteiger partial charge in [0.05, 0.1) is 0 Å². The number of aliphatic carboxylic acids is 1. The van der Waals surface area contributed by atoms with Crippen molar-refractivity contribution in [3.8, 4) is 0 Å². The molecular formula is C5H12O3Si. The predicted molar refractivity (Wildman–Crippen MR) is 36.9 cm³/mol. The Morgan fingerprint density at radius 1 is 1.56 bits per heavy atom. The molecule has 0 saturated heterocycles. The lowest BCUT2D eigenvalue weighted by molar-refractivity contribution is -0.139. The van der Waals surface area contributed by atoms with Crippen molar-refractivity contribution >= 4 is 14.3 Å². The minimum absolute atomic E-state index is 0.157. The highest BCUT2D eigenvalue weighted by atomic mass is 28.4. The van der Waals surface area contributed by atoms with Crippen molar-refractivity contribution in [1.29, 1.82) is 0 Å². The van der Waals surface area contributed by atoms with E-state index < -0.39 is 14.3 Å². The zero-order valence-electron chi connectivity index (χ0n) is 5.97. The fourth-order valence-electron chi connectivity index (χ4n) is 0.278. The van der Waals surface area contributed by atoms with Gasteiger partial charge in [-0.15, -0.1) is 0 Å². The molecule has 0 fully saturated rings. The SMILES string of the molecule is C[Si](C)(C)OCC(=O)O. The molecule has 0 aromatic carbocycles. The number of carbonyl (C=O) groups is 1. The molecule has 0 aromatic heterocycles. The van der Waals surface area contributed by atoms with Crippen LogP contribution < -0.4 is 0 Å². The largest absolute Gasteiger partial charge is 0.480 e. The van der Waals surface area contributed by atoms with Crippen LogP contribution in [0.1, 0.15) is 0 Å². The van der Waals surface area contributed by atoms with Crippen molar-refractivity contribution in [2.45, 2.75) is 19.6 Å². The van der Waals surface area contributed by atoms with Crippen LogP contribution in [0.5, 0.6) is 0 Å². The summed E-state index contributed by atoms with van der Waals surface area (Å²) in [6.45, 7) is 5.71. The van der Waals surface area contributed by atoms with Gasteiger partial charge >= 0.3 is 5.97 Å². The molecule has 0 radical (unpaired) electrons. The number of hydrogen-bond acceptors (Lipinski definition) is 2. The minimum Gasteiger partial charge on any atom is -0.480 e. The van der Waals surface area contributed by atoms with Crippen LogP contribution in [-0.2, 0) is 9.22 Å². The van der Waals surface area contributed by atoms with Crippen LogP contribution in [0.25, 0.3) is 0 Å². The summed E-state index contributed by atoms with van der Waals surface area (Å²) < 4.78 is 5.03. The average molecular weight is 148 g/mol. The van der Waals surface area contributed by atoms with E-state index in [0.717, 1.165) is 0 Å². The Morgan fingerprint density at radius 3 is 2.11 bits per heavy atom. The maximum atomic E-state index is 9.94. The smallest absolute Gasteiger partial charge is 0.328 e. The molecule has 0 atom stereocenters. The molecule has 0 aliphatic heterocycles. The fourth-order valence-corrected chi connectivity index (χ4v) is 0.835. The third-order valence-electron chi connectivity index (χ3n) is 0.629. The third-order valence-corrected chi connectivity index (χ3v) is 1.64. The van der Waals surface area contributed by atoms with E-state index >= 15 is 0 Å². The molecule has 54 valence electrons. The summed E-state index contributed by atoms with van der Waals surface area (Å²) in [5.41, 5.74) is 0. The van der Waals surface area contributed by atoms with E-state index in [2.05, 4.69) is 0 Å². The van der Waals surface area contributed by atoms with Crippen molar-refractivity contribution in [2.24, 2.45) is 0 Å². The van der Waals surface area contributed by atoms with E-state index in [1.165, 1.54) is 0 Å². The molecule has 0 aliphatic carbocycles. The second kappa shape index (κ2) is 2.98. The van der Waals surface area contributed by atoms with E-state index in [4.69, 9.17) is 9.53 Å². The van der Waals surface area contributed by atoms with Gasteiger partial charge in [0.2, 0.25) is 0 Å². The van der Waals surface area contributed by atoms with Crippen molar-refractivity contribution in [3.05, 3.63) is 0 Å². The summed E-state index contributed by atoms with van der Waals surface area (Å²) in [6.07, 6.45) is 0. The molecule has 9 heavy (non-hydrogen) atoms.